The summed E-state index contributed by atoms with van der Waals surface area (Å²) >= 11 is 0. The van der Waals surface area contributed by atoms with E-state index in [4.69, 9.17) is 4.74 Å². The molecule has 160 valence electrons. The minimum Gasteiger partial charge on any atom is -0.497 e. The van der Waals surface area contributed by atoms with Crippen LogP contribution in [-0.2, 0) is 4.79 Å². The molecule has 1 saturated carbocycles. The van der Waals surface area contributed by atoms with Crippen LogP contribution in [0.3, 0.4) is 0 Å². The van der Waals surface area contributed by atoms with Crippen LogP contribution < -0.4 is 9.64 Å². The Bertz CT molecular complexity index is 803. The fourth-order valence-corrected chi connectivity index (χ4v) is 4.85. The number of likely N-dealkylation sites (tertiary alicyclic amines) is 1. The van der Waals surface area contributed by atoms with E-state index in [0.717, 1.165) is 50.5 Å². The third-order valence-corrected chi connectivity index (χ3v) is 6.65. The fourth-order valence-electron chi connectivity index (χ4n) is 4.85. The second kappa shape index (κ2) is 10.1. The zero-order chi connectivity index (χ0) is 20.8. The SMILES string of the molecule is COc1ccc(C2CCN(CCN(C(=O)C3CCCCC3)c3ccccn3)C2)cc1. The summed E-state index contributed by atoms with van der Waals surface area (Å²) in [5.41, 5.74) is 1.37. The first-order chi connectivity index (χ1) is 14.7. The van der Waals surface area contributed by atoms with Gasteiger partial charge in [-0.05, 0) is 61.6 Å². The molecule has 30 heavy (non-hydrogen) atoms. The van der Waals surface area contributed by atoms with Crippen LogP contribution in [0.5, 0.6) is 5.75 Å². The van der Waals surface area contributed by atoms with E-state index in [1.54, 1.807) is 13.3 Å². The van der Waals surface area contributed by atoms with Crippen LogP contribution in [0.25, 0.3) is 0 Å². The molecule has 0 bridgehead atoms. The molecule has 5 nitrogen and oxygen atoms in total. The highest BCUT2D eigenvalue weighted by Crippen LogP contribution is 2.29. The normalized spacial score (nSPS) is 20.2. The van der Waals surface area contributed by atoms with Gasteiger partial charge in [0.2, 0.25) is 5.91 Å². The second-order valence-corrected chi connectivity index (χ2v) is 8.57. The van der Waals surface area contributed by atoms with Crippen molar-refractivity contribution in [3.05, 3.63) is 54.2 Å². The number of benzene rings is 1. The van der Waals surface area contributed by atoms with Crippen molar-refractivity contribution in [2.75, 3.05) is 38.2 Å². The Morgan fingerprint density at radius 1 is 1.10 bits per heavy atom. The standard InChI is InChI=1S/C25H33N3O2/c1-30-23-12-10-20(11-13-23)22-14-16-27(19-22)17-18-28(24-9-5-6-15-26-24)25(29)21-7-3-2-4-8-21/h5-6,9-13,15,21-22H,2-4,7-8,14,16-19H2,1H3. The highest BCUT2D eigenvalue weighted by molar-refractivity contribution is 5.94. The maximum Gasteiger partial charge on any atom is 0.231 e. The Balaban J connectivity index is 1.38. The van der Waals surface area contributed by atoms with Crippen molar-refractivity contribution in [2.24, 2.45) is 5.92 Å². The van der Waals surface area contributed by atoms with Crippen molar-refractivity contribution < 1.29 is 9.53 Å². The number of methoxy groups -OCH3 is 1. The molecule has 1 unspecified atom stereocenters. The van der Waals surface area contributed by atoms with Gasteiger partial charge in [0.15, 0.2) is 0 Å². The molecule has 0 N–H and O–H groups in total. The van der Waals surface area contributed by atoms with Gasteiger partial charge < -0.3 is 9.64 Å². The predicted molar refractivity (Wildman–Crippen MR) is 120 cm³/mol. The Morgan fingerprint density at radius 3 is 2.60 bits per heavy atom. The lowest BCUT2D eigenvalue weighted by Gasteiger charge is -2.30. The average molecular weight is 408 g/mol. The van der Waals surface area contributed by atoms with E-state index in [0.29, 0.717) is 12.5 Å². The first-order valence-corrected chi connectivity index (χ1v) is 11.3. The number of pyridine rings is 1. The molecule has 0 radical (unpaired) electrons. The van der Waals surface area contributed by atoms with Gasteiger partial charge in [-0.15, -0.1) is 0 Å². The maximum absolute atomic E-state index is 13.3. The van der Waals surface area contributed by atoms with Gasteiger partial charge in [-0.25, -0.2) is 4.98 Å². The number of anilines is 1. The summed E-state index contributed by atoms with van der Waals surface area (Å²) in [6.45, 7) is 3.72. The van der Waals surface area contributed by atoms with Crippen LogP contribution >= 0.6 is 0 Å². The van der Waals surface area contributed by atoms with Gasteiger partial charge in [0, 0.05) is 31.7 Å². The van der Waals surface area contributed by atoms with Crippen LogP contribution in [0.4, 0.5) is 5.82 Å². The quantitative estimate of drug-likeness (QED) is 0.678. The molecular formula is C25H33N3O2. The summed E-state index contributed by atoms with van der Waals surface area (Å²) in [4.78, 5) is 22.2. The summed E-state index contributed by atoms with van der Waals surface area (Å²) in [6, 6.07) is 14.3. The molecule has 2 aromatic rings. The van der Waals surface area contributed by atoms with Crippen molar-refractivity contribution in [2.45, 2.75) is 44.4 Å². The van der Waals surface area contributed by atoms with Crippen LogP contribution in [0, 0.1) is 5.92 Å². The molecule has 1 amide bonds. The van der Waals surface area contributed by atoms with Crippen LogP contribution in [0.15, 0.2) is 48.7 Å². The number of hydrogen-bond donors (Lipinski definition) is 0. The number of aromatic nitrogens is 1. The number of rotatable bonds is 7. The molecule has 1 aromatic heterocycles. The zero-order valence-corrected chi connectivity index (χ0v) is 18.0. The van der Waals surface area contributed by atoms with E-state index < -0.39 is 0 Å². The first kappa shape index (κ1) is 20.9. The molecule has 2 aliphatic rings. The first-order valence-electron chi connectivity index (χ1n) is 11.3. The number of hydrogen-bond acceptors (Lipinski definition) is 4. The third-order valence-electron chi connectivity index (χ3n) is 6.65. The van der Waals surface area contributed by atoms with E-state index in [1.807, 2.05) is 35.2 Å². The summed E-state index contributed by atoms with van der Waals surface area (Å²) in [6.07, 6.45) is 8.58. The number of nitrogens with zero attached hydrogens (tertiary/aromatic N) is 3. The Hall–Kier alpha value is -2.40. The number of carbonyl (C=O) groups is 1. The van der Waals surface area contributed by atoms with E-state index >= 15 is 0 Å². The van der Waals surface area contributed by atoms with E-state index in [1.165, 1.54) is 24.8 Å². The minimum atomic E-state index is 0.159. The van der Waals surface area contributed by atoms with Gasteiger partial charge in [-0.1, -0.05) is 37.5 Å². The van der Waals surface area contributed by atoms with Crippen LogP contribution in [-0.4, -0.2) is 49.1 Å². The van der Waals surface area contributed by atoms with Gasteiger partial charge in [-0.2, -0.15) is 0 Å². The lowest BCUT2D eigenvalue weighted by Crippen LogP contribution is -2.42. The highest BCUT2D eigenvalue weighted by atomic mass is 16.5. The molecule has 0 spiro atoms. The largest absolute Gasteiger partial charge is 0.497 e. The Kier molecular flexibility index (Phi) is 7.00. The molecule has 5 heteroatoms. The van der Waals surface area contributed by atoms with Crippen molar-refractivity contribution in [1.82, 2.24) is 9.88 Å². The minimum absolute atomic E-state index is 0.159. The number of amides is 1. The highest BCUT2D eigenvalue weighted by Gasteiger charge is 2.29. The molecule has 1 aliphatic carbocycles. The van der Waals surface area contributed by atoms with E-state index in [9.17, 15) is 4.79 Å². The molecule has 4 rings (SSSR count). The van der Waals surface area contributed by atoms with Crippen molar-refractivity contribution >= 4 is 11.7 Å². The Morgan fingerprint density at radius 2 is 1.90 bits per heavy atom. The Labute approximate surface area is 180 Å². The summed E-state index contributed by atoms with van der Waals surface area (Å²) in [5, 5.41) is 0. The molecule has 2 heterocycles. The summed E-state index contributed by atoms with van der Waals surface area (Å²) < 4.78 is 5.28. The van der Waals surface area contributed by atoms with Crippen molar-refractivity contribution in [3.63, 3.8) is 0 Å². The van der Waals surface area contributed by atoms with Gasteiger partial charge in [0.1, 0.15) is 11.6 Å². The lowest BCUT2D eigenvalue weighted by molar-refractivity contribution is -0.123. The average Bonchev–Trinajstić information content (AvgIpc) is 3.29. The fraction of sp³-hybridized carbons (Fsp3) is 0.520. The smallest absolute Gasteiger partial charge is 0.231 e. The summed E-state index contributed by atoms with van der Waals surface area (Å²) in [5.74, 6) is 2.67. The maximum atomic E-state index is 13.3. The van der Waals surface area contributed by atoms with Crippen molar-refractivity contribution in [1.29, 1.82) is 0 Å². The van der Waals surface area contributed by atoms with E-state index in [-0.39, 0.29) is 11.8 Å². The monoisotopic (exact) mass is 407 g/mol. The van der Waals surface area contributed by atoms with Crippen molar-refractivity contribution in [3.8, 4) is 5.75 Å². The van der Waals surface area contributed by atoms with E-state index in [2.05, 4.69) is 22.0 Å². The second-order valence-electron chi connectivity index (χ2n) is 8.57. The predicted octanol–water partition coefficient (Wildman–Crippen LogP) is 4.49. The van der Waals surface area contributed by atoms with Gasteiger partial charge in [-0.3, -0.25) is 9.69 Å². The van der Waals surface area contributed by atoms with Gasteiger partial charge in [0.05, 0.1) is 7.11 Å². The summed E-state index contributed by atoms with van der Waals surface area (Å²) in [7, 11) is 1.70. The van der Waals surface area contributed by atoms with Gasteiger partial charge >= 0.3 is 0 Å². The molecule has 1 saturated heterocycles. The topological polar surface area (TPSA) is 45.7 Å². The molecule has 1 atom stereocenters. The van der Waals surface area contributed by atoms with Crippen LogP contribution in [0.2, 0.25) is 0 Å². The number of carbonyl (C=O) groups excluding carboxylic acids is 1. The third kappa shape index (κ3) is 5.01. The molecule has 1 aliphatic heterocycles. The molecule has 2 fully saturated rings. The lowest BCUT2D eigenvalue weighted by atomic mass is 9.88. The number of ether oxygens (including phenoxy) is 1. The van der Waals surface area contributed by atoms with Gasteiger partial charge in [0.25, 0.3) is 0 Å². The van der Waals surface area contributed by atoms with Crippen LogP contribution in [0.1, 0.15) is 50.0 Å². The molecule has 1 aromatic carbocycles. The zero-order valence-electron chi connectivity index (χ0n) is 18.0. The molecular weight excluding hydrogens is 374 g/mol.